The molecular weight excluding hydrogens is 373 g/mol. The molecule has 7 nitrogen and oxygen atoms in total. The number of hydrogen-bond acceptors (Lipinski definition) is 5. The SMILES string of the molecule is CCOC1CC(N)(C(=O)Nc2ccc(F)c(S(=O)(=O)NC3CC3)c2)C1(C)C. The number of ether oxygens (including phenoxy) is 1. The molecule has 2 aliphatic rings. The lowest BCUT2D eigenvalue weighted by Gasteiger charge is -2.57. The van der Waals surface area contributed by atoms with Gasteiger partial charge in [-0.05, 0) is 38.0 Å². The number of amides is 1. The zero-order valence-electron chi connectivity index (χ0n) is 15.7. The number of nitrogens with one attached hydrogen (secondary N) is 2. The molecule has 2 fully saturated rings. The van der Waals surface area contributed by atoms with Gasteiger partial charge in [0.05, 0.1) is 6.10 Å². The van der Waals surface area contributed by atoms with Crippen LogP contribution in [-0.2, 0) is 19.6 Å². The molecule has 4 N–H and O–H groups in total. The van der Waals surface area contributed by atoms with Gasteiger partial charge in [-0.2, -0.15) is 0 Å². The first-order chi connectivity index (χ1) is 12.5. The van der Waals surface area contributed by atoms with Gasteiger partial charge in [0, 0.05) is 30.2 Å². The quantitative estimate of drug-likeness (QED) is 0.647. The Morgan fingerprint density at radius 1 is 1.37 bits per heavy atom. The molecule has 0 saturated heterocycles. The van der Waals surface area contributed by atoms with Gasteiger partial charge < -0.3 is 15.8 Å². The molecule has 2 unspecified atom stereocenters. The van der Waals surface area contributed by atoms with Gasteiger partial charge in [0.2, 0.25) is 15.9 Å². The number of carbonyl (C=O) groups is 1. The van der Waals surface area contributed by atoms with Crippen molar-refractivity contribution in [3.63, 3.8) is 0 Å². The van der Waals surface area contributed by atoms with E-state index < -0.39 is 37.6 Å². The van der Waals surface area contributed by atoms with Crippen molar-refractivity contribution in [3.05, 3.63) is 24.0 Å². The van der Waals surface area contributed by atoms with E-state index in [2.05, 4.69) is 10.0 Å². The fourth-order valence-electron chi connectivity index (χ4n) is 3.33. The van der Waals surface area contributed by atoms with Crippen molar-refractivity contribution in [2.75, 3.05) is 11.9 Å². The molecule has 3 rings (SSSR count). The highest BCUT2D eigenvalue weighted by Crippen LogP contribution is 2.50. The van der Waals surface area contributed by atoms with Crippen LogP contribution in [0.1, 0.15) is 40.0 Å². The smallest absolute Gasteiger partial charge is 0.245 e. The summed E-state index contributed by atoms with van der Waals surface area (Å²) in [5.74, 6) is -1.32. The lowest BCUT2D eigenvalue weighted by Crippen LogP contribution is -2.74. The Bertz CT molecular complexity index is 854. The maximum Gasteiger partial charge on any atom is 0.245 e. The number of nitrogens with two attached hydrogens (primary N) is 1. The standard InChI is InChI=1S/C18H26FN3O4S/c1-4-26-15-10-18(20,17(15,2)3)16(23)21-12-7-8-13(19)14(9-12)27(24,25)22-11-5-6-11/h7-9,11,15,22H,4-6,10,20H2,1-3H3,(H,21,23). The Labute approximate surface area is 158 Å². The topological polar surface area (TPSA) is 111 Å². The highest BCUT2D eigenvalue weighted by molar-refractivity contribution is 7.89. The molecule has 0 aliphatic heterocycles. The number of hydrogen-bond donors (Lipinski definition) is 3. The second-order valence-corrected chi connectivity index (χ2v) is 9.52. The van der Waals surface area contributed by atoms with Gasteiger partial charge >= 0.3 is 0 Å². The second kappa shape index (κ2) is 6.80. The highest BCUT2D eigenvalue weighted by atomic mass is 32.2. The van der Waals surface area contributed by atoms with Gasteiger partial charge in [0.25, 0.3) is 0 Å². The normalized spacial score (nSPS) is 27.1. The molecule has 1 amide bonds. The fourth-order valence-corrected chi connectivity index (χ4v) is 4.74. The molecule has 2 saturated carbocycles. The Morgan fingerprint density at radius 3 is 2.59 bits per heavy atom. The Kier molecular flexibility index (Phi) is 5.09. The fraction of sp³-hybridized carbons (Fsp3) is 0.611. The van der Waals surface area contributed by atoms with E-state index in [0.29, 0.717) is 13.0 Å². The summed E-state index contributed by atoms with van der Waals surface area (Å²) >= 11 is 0. The zero-order chi connectivity index (χ0) is 20.0. The van der Waals surface area contributed by atoms with Crippen molar-refractivity contribution in [3.8, 4) is 0 Å². The molecule has 0 radical (unpaired) electrons. The van der Waals surface area contributed by atoms with Crippen LogP contribution in [0.25, 0.3) is 0 Å². The number of sulfonamides is 1. The first-order valence-corrected chi connectivity index (χ1v) is 10.5. The van der Waals surface area contributed by atoms with Crippen LogP contribution in [0.15, 0.2) is 23.1 Å². The Balaban J connectivity index is 1.78. The molecule has 0 spiro atoms. The van der Waals surface area contributed by atoms with E-state index in [4.69, 9.17) is 10.5 Å². The van der Waals surface area contributed by atoms with E-state index in [1.807, 2.05) is 20.8 Å². The van der Waals surface area contributed by atoms with E-state index in [0.717, 1.165) is 25.0 Å². The minimum absolute atomic E-state index is 0.134. The maximum atomic E-state index is 14.1. The van der Waals surface area contributed by atoms with Crippen LogP contribution >= 0.6 is 0 Å². The molecule has 150 valence electrons. The summed E-state index contributed by atoms with van der Waals surface area (Å²) in [7, 11) is -3.98. The van der Waals surface area contributed by atoms with E-state index >= 15 is 0 Å². The first kappa shape index (κ1) is 20.2. The second-order valence-electron chi connectivity index (χ2n) is 7.84. The van der Waals surface area contributed by atoms with Crippen molar-refractivity contribution in [1.82, 2.24) is 4.72 Å². The molecule has 9 heteroatoms. The van der Waals surface area contributed by atoms with E-state index in [1.165, 1.54) is 6.07 Å². The molecular formula is C18H26FN3O4S. The van der Waals surface area contributed by atoms with Crippen LogP contribution in [0, 0.1) is 11.2 Å². The van der Waals surface area contributed by atoms with Gasteiger partial charge in [-0.3, -0.25) is 4.79 Å². The van der Waals surface area contributed by atoms with Crippen LogP contribution in [-0.4, -0.2) is 38.6 Å². The molecule has 2 atom stereocenters. The van der Waals surface area contributed by atoms with E-state index in [1.54, 1.807) is 0 Å². The summed E-state index contributed by atoms with van der Waals surface area (Å²) in [6.07, 6.45) is 1.70. The molecule has 2 aliphatic carbocycles. The number of anilines is 1. The highest BCUT2D eigenvalue weighted by Gasteiger charge is 2.62. The van der Waals surface area contributed by atoms with Gasteiger partial charge in [-0.25, -0.2) is 17.5 Å². The lowest BCUT2D eigenvalue weighted by molar-refractivity contribution is -0.166. The maximum absolute atomic E-state index is 14.1. The minimum Gasteiger partial charge on any atom is -0.378 e. The predicted molar refractivity (Wildman–Crippen MR) is 99.1 cm³/mol. The average Bonchev–Trinajstić information content (AvgIpc) is 3.39. The summed E-state index contributed by atoms with van der Waals surface area (Å²) in [6, 6.07) is 3.31. The van der Waals surface area contributed by atoms with Crippen LogP contribution in [0.5, 0.6) is 0 Å². The first-order valence-electron chi connectivity index (χ1n) is 9.05. The molecule has 0 aromatic heterocycles. The van der Waals surface area contributed by atoms with Crippen LogP contribution in [0.4, 0.5) is 10.1 Å². The summed E-state index contributed by atoms with van der Waals surface area (Å²) in [4.78, 5) is 12.3. The number of carbonyl (C=O) groups excluding carboxylic acids is 1. The third-order valence-corrected chi connectivity index (χ3v) is 7.15. The number of halogens is 1. The summed E-state index contributed by atoms with van der Waals surface area (Å²) in [5.41, 5.74) is 4.75. The van der Waals surface area contributed by atoms with Gasteiger partial charge in [-0.1, -0.05) is 13.8 Å². The largest absolute Gasteiger partial charge is 0.378 e. The average molecular weight is 399 g/mol. The third-order valence-electron chi connectivity index (χ3n) is 5.61. The van der Waals surface area contributed by atoms with Crippen molar-refractivity contribution >= 4 is 21.6 Å². The molecule has 0 heterocycles. The van der Waals surface area contributed by atoms with Crippen LogP contribution < -0.4 is 15.8 Å². The molecule has 27 heavy (non-hydrogen) atoms. The van der Waals surface area contributed by atoms with Crippen molar-refractivity contribution in [2.45, 2.75) is 62.6 Å². The van der Waals surface area contributed by atoms with E-state index in [9.17, 15) is 17.6 Å². The Morgan fingerprint density at radius 2 is 2.04 bits per heavy atom. The summed E-state index contributed by atoms with van der Waals surface area (Å²) < 4.78 is 46.8. The zero-order valence-corrected chi connectivity index (χ0v) is 16.5. The van der Waals surface area contributed by atoms with Crippen LogP contribution in [0.2, 0.25) is 0 Å². The van der Waals surface area contributed by atoms with Crippen LogP contribution in [0.3, 0.4) is 0 Å². The third kappa shape index (κ3) is 3.61. The van der Waals surface area contributed by atoms with Crippen molar-refractivity contribution in [1.29, 1.82) is 0 Å². The molecule has 0 bridgehead atoms. The number of rotatable bonds is 7. The Hall–Kier alpha value is -1.55. The van der Waals surface area contributed by atoms with Crippen molar-refractivity contribution in [2.24, 2.45) is 11.1 Å². The molecule has 1 aromatic carbocycles. The number of benzene rings is 1. The van der Waals surface area contributed by atoms with Gasteiger partial charge in [0.1, 0.15) is 16.3 Å². The van der Waals surface area contributed by atoms with Crippen molar-refractivity contribution < 1.29 is 22.3 Å². The summed E-state index contributed by atoms with van der Waals surface area (Å²) in [5, 5.41) is 2.63. The minimum atomic E-state index is -3.98. The molecule has 1 aromatic rings. The van der Waals surface area contributed by atoms with Gasteiger partial charge in [0.15, 0.2) is 0 Å². The lowest BCUT2D eigenvalue weighted by atomic mass is 9.54. The predicted octanol–water partition coefficient (Wildman–Crippen LogP) is 1.74. The van der Waals surface area contributed by atoms with E-state index in [-0.39, 0.29) is 17.8 Å². The monoisotopic (exact) mass is 399 g/mol. The van der Waals surface area contributed by atoms with Gasteiger partial charge in [-0.15, -0.1) is 0 Å². The summed E-state index contributed by atoms with van der Waals surface area (Å²) in [6.45, 7) is 6.12.